The largest absolute Gasteiger partial charge is 0.493 e. The summed E-state index contributed by atoms with van der Waals surface area (Å²) in [5.41, 5.74) is -0.769. The molecule has 0 spiro atoms. The first kappa shape index (κ1) is 19.3. The lowest BCUT2D eigenvalue weighted by Crippen LogP contribution is -2.36. The third-order valence-corrected chi connectivity index (χ3v) is 4.30. The van der Waals surface area contributed by atoms with E-state index in [-0.39, 0.29) is 30.8 Å². The van der Waals surface area contributed by atoms with E-state index in [1.165, 1.54) is 26.4 Å². The van der Waals surface area contributed by atoms with Gasteiger partial charge < -0.3 is 24.2 Å². The SMILES string of the molecule is COc1cc2[nH]c(=O)n(CCC(=O)NCc3ccc(C)o3)c(=O)c2cc1OC. The lowest BCUT2D eigenvalue weighted by atomic mass is 10.2. The van der Waals surface area contributed by atoms with Crippen molar-refractivity contribution in [2.45, 2.75) is 26.4 Å². The van der Waals surface area contributed by atoms with Crippen molar-refractivity contribution in [3.05, 3.63) is 56.6 Å². The molecule has 1 amide bonds. The number of aryl methyl sites for hydroxylation is 1. The number of aromatic nitrogens is 2. The Hall–Kier alpha value is -3.49. The normalized spacial score (nSPS) is 10.8. The molecule has 0 saturated carbocycles. The second-order valence-corrected chi connectivity index (χ2v) is 6.18. The van der Waals surface area contributed by atoms with Crippen LogP contribution in [-0.4, -0.2) is 29.7 Å². The number of nitrogens with one attached hydrogen (secondary N) is 2. The number of H-pyrrole nitrogens is 1. The van der Waals surface area contributed by atoms with Crippen LogP contribution >= 0.6 is 0 Å². The van der Waals surface area contributed by atoms with Crippen molar-refractivity contribution < 1.29 is 18.7 Å². The van der Waals surface area contributed by atoms with Gasteiger partial charge >= 0.3 is 5.69 Å². The third kappa shape index (κ3) is 3.93. The highest BCUT2D eigenvalue weighted by Crippen LogP contribution is 2.29. The van der Waals surface area contributed by atoms with Gasteiger partial charge in [0.1, 0.15) is 11.5 Å². The molecule has 0 aliphatic heterocycles. The van der Waals surface area contributed by atoms with Crippen LogP contribution in [0.2, 0.25) is 0 Å². The first-order chi connectivity index (χ1) is 13.4. The standard InChI is InChI=1S/C19H21N3O6/c1-11-4-5-12(28-11)10-20-17(23)6-7-22-18(24)13-8-15(26-2)16(27-3)9-14(13)21-19(22)25/h4-5,8-9H,6-7,10H2,1-3H3,(H,20,23)(H,21,25). The number of methoxy groups -OCH3 is 2. The Bertz CT molecular complexity index is 1120. The van der Waals surface area contributed by atoms with Crippen LogP contribution in [0.1, 0.15) is 17.9 Å². The number of aromatic amines is 1. The maximum absolute atomic E-state index is 12.7. The Morgan fingerprint density at radius 3 is 2.54 bits per heavy atom. The Morgan fingerprint density at radius 1 is 1.18 bits per heavy atom. The highest BCUT2D eigenvalue weighted by atomic mass is 16.5. The van der Waals surface area contributed by atoms with Crippen LogP contribution in [0.5, 0.6) is 11.5 Å². The van der Waals surface area contributed by atoms with Crippen LogP contribution in [0.4, 0.5) is 0 Å². The van der Waals surface area contributed by atoms with Gasteiger partial charge in [-0.3, -0.25) is 14.2 Å². The van der Waals surface area contributed by atoms with Gasteiger partial charge in [0.25, 0.3) is 5.56 Å². The molecule has 148 valence electrons. The number of furan rings is 1. The van der Waals surface area contributed by atoms with E-state index in [4.69, 9.17) is 13.9 Å². The molecule has 1 aromatic carbocycles. The minimum Gasteiger partial charge on any atom is -0.493 e. The molecular formula is C19H21N3O6. The lowest BCUT2D eigenvalue weighted by molar-refractivity contribution is -0.121. The second-order valence-electron chi connectivity index (χ2n) is 6.18. The molecule has 2 heterocycles. The molecule has 3 aromatic rings. The summed E-state index contributed by atoms with van der Waals surface area (Å²) in [6.45, 7) is 2.00. The van der Waals surface area contributed by atoms with Gasteiger partial charge in [0, 0.05) is 19.0 Å². The average Bonchev–Trinajstić information content (AvgIpc) is 3.10. The summed E-state index contributed by atoms with van der Waals surface area (Å²) in [7, 11) is 2.92. The van der Waals surface area contributed by atoms with Crippen LogP contribution in [-0.2, 0) is 17.9 Å². The molecule has 0 aliphatic carbocycles. The summed E-state index contributed by atoms with van der Waals surface area (Å²) in [4.78, 5) is 39.7. The fourth-order valence-corrected chi connectivity index (χ4v) is 2.85. The fraction of sp³-hybridized carbons (Fsp3) is 0.316. The molecular weight excluding hydrogens is 366 g/mol. The number of ether oxygens (including phenoxy) is 2. The first-order valence-corrected chi connectivity index (χ1v) is 8.63. The molecule has 0 radical (unpaired) electrons. The van der Waals surface area contributed by atoms with Gasteiger partial charge in [-0.2, -0.15) is 0 Å². The van der Waals surface area contributed by atoms with E-state index in [1.807, 2.05) is 6.92 Å². The second kappa shape index (κ2) is 8.03. The van der Waals surface area contributed by atoms with Gasteiger partial charge in [-0.1, -0.05) is 0 Å². The Kier molecular flexibility index (Phi) is 5.53. The van der Waals surface area contributed by atoms with Gasteiger partial charge in [-0.05, 0) is 25.1 Å². The van der Waals surface area contributed by atoms with Gasteiger partial charge in [0.2, 0.25) is 5.91 Å². The van der Waals surface area contributed by atoms with Crippen LogP contribution in [0.15, 0.2) is 38.3 Å². The third-order valence-electron chi connectivity index (χ3n) is 4.30. The number of benzene rings is 1. The molecule has 9 nitrogen and oxygen atoms in total. The van der Waals surface area contributed by atoms with E-state index >= 15 is 0 Å². The predicted octanol–water partition coefficient (Wildman–Crippen LogP) is 1.31. The van der Waals surface area contributed by atoms with Crippen molar-refractivity contribution in [2.75, 3.05) is 14.2 Å². The summed E-state index contributed by atoms with van der Waals surface area (Å²) in [6, 6.07) is 6.61. The summed E-state index contributed by atoms with van der Waals surface area (Å²) in [5, 5.41) is 2.96. The summed E-state index contributed by atoms with van der Waals surface area (Å²) in [6.07, 6.45) is -0.0263. The van der Waals surface area contributed by atoms with E-state index < -0.39 is 11.2 Å². The van der Waals surface area contributed by atoms with Crippen molar-refractivity contribution in [3.8, 4) is 11.5 Å². The molecule has 0 unspecified atom stereocenters. The number of rotatable bonds is 7. The molecule has 28 heavy (non-hydrogen) atoms. The molecule has 0 bridgehead atoms. The topological polar surface area (TPSA) is 116 Å². The summed E-state index contributed by atoms with van der Waals surface area (Å²) >= 11 is 0. The highest BCUT2D eigenvalue weighted by molar-refractivity contribution is 5.81. The van der Waals surface area contributed by atoms with E-state index in [2.05, 4.69) is 10.3 Å². The number of amides is 1. The lowest BCUT2D eigenvalue weighted by Gasteiger charge is -2.10. The van der Waals surface area contributed by atoms with Crippen molar-refractivity contribution in [1.29, 1.82) is 0 Å². The van der Waals surface area contributed by atoms with Crippen molar-refractivity contribution in [1.82, 2.24) is 14.9 Å². The number of hydrogen-bond acceptors (Lipinski definition) is 6. The Morgan fingerprint density at radius 2 is 1.89 bits per heavy atom. The van der Waals surface area contributed by atoms with Crippen molar-refractivity contribution in [2.24, 2.45) is 0 Å². The summed E-state index contributed by atoms with van der Waals surface area (Å²) < 4.78 is 16.8. The number of carbonyl (C=O) groups is 1. The molecule has 3 rings (SSSR count). The van der Waals surface area contributed by atoms with Crippen LogP contribution in [0.3, 0.4) is 0 Å². The number of nitrogens with zero attached hydrogens (tertiary/aromatic N) is 1. The first-order valence-electron chi connectivity index (χ1n) is 8.63. The minimum absolute atomic E-state index is 0.0263. The van der Waals surface area contributed by atoms with E-state index in [0.29, 0.717) is 22.8 Å². The summed E-state index contributed by atoms with van der Waals surface area (Å²) in [5.74, 6) is 1.86. The van der Waals surface area contributed by atoms with Gasteiger partial charge in [-0.25, -0.2) is 4.79 Å². The fourth-order valence-electron chi connectivity index (χ4n) is 2.85. The molecule has 0 saturated heterocycles. The van der Waals surface area contributed by atoms with Crippen LogP contribution < -0.4 is 26.0 Å². The molecule has 0 aliphatic rings. The van der Waals surface area contributed by atoms with Gasteiger partial charge in [0.05, 0.1) is 31.7 Å². The zero-order valence-electron chi connectivity index (χ0n) is 15.8. The average molecular weight is 387 g/mol. The quantitative estimate of drug-likeness (QED) is 0.632. The van der Waals surface area contributed by atoms with Gasteiger partial charge in [-0.15, -0.1) is 0 Å². The van der Waals surface area contributed by atoms with Crippen LogP contribution in [0.25, 0.3) is 10.9 Å². The van der Waals surface area contributed by atoms with E-state index in [0.717, 1.165) is 10.3 Å². The maximum atomic E-state index is 12.7. The molecule has 0 atom stereocenters. The monoisotopic (exact) mass is 387 g/mol. The zero-order chi connectivity index (χ0) is 20.3. The van der Waals surface area contributed by atoms with E-state index in [1.54, 1.807) is 12.1 Å². The Labute approximate surface area is 159 Å². The van der Waals surface area contributed by atoms with Crippen molar-refractivity contribution in [3.63, 3.8) is 0 Å². The number of hydrogen-bond donors (Lipinski definition) is 2. The smallest absolute Gasteiger partial charge is 0.328 e. The van der Waals surface area contributed by atoms with Crippen molar-refractivity contribution >= 4 is 16.8 Å². The minimum atomic E-state index is -0.598. The predicted molar refractivity (Wildman–Crippen MR) is 102 cm³/mol. The Balaban J connectivity index is 1.78. The van der Waals surface area contributed by atoms with E-state index in [9.17, 15) is 14.4 Å². The van der Waals surface area contributed by atoms with Crippen LogP contribution in [0, 0.1) is 6.92 Å². The molecule has 2 aromatic heterocycles. The molecule has 2 N–H and O–H groups in total. The zero-order valence-corrected chi connectivity index (χ0v) is 15.8. The number of fused-ring (bicyclic) bond motifs is 1. The molecule has 9 heteroatoms. The maximum Gasteiger partial charge on any atom is 0.328 e. The number of carbonyl (C=O) groups excluding carboxylic acids is 1. The highest BCUT2D eigenvalue weighted by Gasteiger charge is 2.14. The molecule has 0 fully saturated rings. The van der Waals surface area contributed by atoms with Gasteiger partial charge in [0.15, 0.2) is 11.5 Å².